The highest BCUT2D eigenvalue weighted by molar-refractivity contribution is 6.30. The van der Waals surface area contributed by atoms with E-state index in [2.05, 4.69) is 4.98 Å². The summed E-state index contributed by atoms with van der Waals surface area (Å²) in [5.41, 5.74) is 7.08. The standard InChI is InChI=1S/C14H10ClF2N3O/c1-21-13-6-12-11(5-10(13)17)19-14(18)20(12)9-3-7(15)2-8(16)4-9/h2-6H,1H3,(H2,18,19). The summed E-state index contributed by atoms with van der Waals surface area (Å²) in [6, 6.07) is 6.65. The number of hydrogen-bond donors (Lipinski definition) is 1. The Labute approximate surface area is 123 Å². The molecular weight excluding hydrogens is 300 g/mol. The van der Waals surface area contributed by atoms with Crippen LogP contribution in [0, 0.1) is 11.6 Å². The summed E-state index contributed by atoms with van der Waals surface area (Å²) in [5, 5.41) is 0.223. The zero-order chi connectivity index (χ0) is 15.1. The lowest BCUT2D eigenvalue weighted by Crippen LogP contribution is -2.01. The van der Waals surface area contributed by atoms with Crippen molar-refractivity contribution in [3.63, 3.8) is 0 Å². The summed E-state index contributed by atoms with van der Waals surface area (Å²) in [6.07, 6.45) is 0. The second-order valence-corrected chi connectivity index (χ2v) is 4.84. The number of ether oxygens (including phenoxy) is 1. The fourth-order valence-corrected chi connectivity index (χ4v) is 2.41. The molecular formula is C14H10ClF2N3O. The largest absolute Gasteiger partial charge is 0.494 e. The second-order valence-electron chi connectivity index (χ2n) is 4.41. The molecule has 7 heteroatoms. The van der Waals surface area contributed by atoms with E-state index < -0.39 is 11.6 Å². The maximum Gasteiger partial charge on any atom is 0.205 e. The summed E-state index contributed by atoms with van der Waals surface area (Å²) in [4.78, 5) is 4.06. The monoisotopic (exact) mass is 309 g/mol. The number of fused-ring (bicyclic) bond motifs is 1. The van der Waals surface area contributed by atoms with Gasteiger partial charge in [0.1, 0.15) is 5.82 Å². The maximum absolute atomic E-state index is 13.7. The number of benzene rings is 2. The number of anilines is 1. The van der Waals surface area contributed by atoms with E-state index in [0.717, 1.165) is 0 Å². The van der Waals surface area contributed by atoms with Crippen molar-refractivity contribution in [3.8, 4) is 11.4 Å². The fourth-order valence-electron chi connectivity index (χ4n) is 2.19. The van der Waals surface area contributed by atoms with E-state index in [9.17, 15) is 8.78 Å². The average molecular weight is 310 g/mol. The zero-order valence-corrected chi connectivity index (χ0v) is 11.7. The van der Waals surface area contributed by atoms with Crippen molar-refractivity contribution in [2.45, 2.75) is 0 Å². The molecule has 3 rings (SSSR count). The van der Waals surface area contributed by atoms with Gasteiger partial charge in [0.2, 0.25) is 5.95 Å². The summed E-state index contributed by atoms with van der Waals surface area (Å²) in [5.74, 6) is -0.912. The van der Waals surface area contributed by atoms with Gasteiger partial charge in [-0.1, -0.05) is 11.6 Å². The van der Waals surface area contributed by atoms with Crippen molar-refractivity contribution in [3.05, 3.63) is 47.0 Å². The topological polar surface area (TPSA) is 53.1 Å². The van der Waals surface area contributed by atoms with Gasteiger partial charge in [-0.3, -0.25) is 4.57 Å². The van der Waals surface area contributed by atoms with Crippen LogP contribution in [0.1, 0.15) is 0 Å². The molecule has 108 valence electrons. The fraction of sp³-hybridized carbons (Fsp3) is 0.0714. The van der Waals surface area contributed by atoms with Crippen molar-refractivity contribution in [1.29, 1.82) is 0 Å². The third-order valence-corrected chi connectivity index (χ3v) is 3.28. The van der Waals surface area contributed by atoms with Crippen LogP contribution in [0.3, 0.4) is 0 Å². The van der Waals surface area contributed by atoms with Crippen LogP contribution in [0.4, 0.5) is 14.7 Å². The molecule has 2 aromatic carbocycles. The second kappa shape index (κ2) is 4.89. The van der Waals surface area contributed by atoms with Crippen molar-refractivity contribution < 1.29 is 13.5 Å². The summed E-state index contributed by atoms with van der Waals surface area (Å²) >= 11 is 5.86. The first-order valence-corrected chi connectivity index (χ1v) is 6.35. The van der Waals surface area contributed by atoms with Crippen molar-refractivity contribution in [1.82, 2.24) is 9.55 Å². The number of rotatable bonds is 2. The van der Waals surface area contributed by atoms with Crippen LogP contribution in [0.5, 0.6) is 5.75 Å². The molecule has 0 fully saturated rings. The van der Waals surface area contributed by atoms with Gasteiger partial charge in [-0.2, -0.15) is 0 Å². The number of methoxy groups -OCH3 is 1. The van der Waals surface area contributed by atoms with Crippen LogP contribution in [0.15, 0.2) is 30.3 Å². The van der Waals surface area contributed by atoms with Crippen molar-refractivity contribution in [2.75, 3.05) is 12.8 Å². The van der Waals surface area contributed by atoms with E-state index >= 15 is 0 Å². The highest BCUT2D eigenvalue weighted by atomic mass is 35.5. The Bertz CT molecular complexity index is 828. The Morgan fingerprint density at radius 1 is 1.19 bits per heavy atom. The molecule has 3 aromatic rings. The predicted octanol–water partition coefficient (Wildman–Crippen LogP) is 3.55. The van der Waals surface area contributed by atoms with Crippen LogP contribution in [-0.4, -0.2) is 16.7 Å². The quantitative estimate of drug-likeness (QED) is 0.787. The van der Waals surface area contributed by atoms with E-state index in [0.29, 0.717) is 16.7 Å². The molecule has 1 aromatic heterocycles. The first-order valence-electron chi connectivity index (χ1n) is 5.97. The Balaban J connectivity index is 2.33. The molecule has 0 aliphatic heterocycles. The molecule has 0 spiro atoms. The predicted molar refractivity (Wildman–Crippen MR) is 77.0 cm³/mol. The Kier molecular flexibility index (Phi) is 3.17. The molecule has 1 heterocycles. The number of halogens is 3. The van der Waals surface area contributed by atoms with Crippen LogP contribution in [0.25, 0.3) is 16.7 Å². The van der Waals surface area contributed by atoms with Gasteiger partial charge in [0.25, 0.3) is 0 Å². The zero-order valence-electron chi connectivity index (χ0n) is 10.9. The van der Waals surface area contributed by atoms with E-state index in [1.165, 1.54) is 42.0 Å². The molecule has 21 heavy (non-hydrogen) atoms. The average Bonchev–Trinajstić information content (AvgIpc) is 2.71. The Hall–Kier alpha value is -2.34. The van der Waals surface area contributed by atoms with Crippen molar-refractivity contribution >= 4 is 28.6 Å². The number of nitrogens with two attached hydrogens (primary N) is 1. The normalized spacial score (nSPS) is 11.0. The van der Waals surface area contributed by atoms with Gasteiger partial charge in [-0.15, -0.1) is 0 Å². The minimum Gasteiger partial charge on any atom is -0.494 e. The minimum absolute atomic E-state index is 0.0474. The van der Waals surface area contributed by atoms with Crippen LogP contribution in [0.2, 0.25) is 5.02 Å². The van der Waals surface area contributed by atoms with E-state index in [1.807, 2.05) is 0 Å². The molecule has 0 radical (unpaired) electrons. The summed E-state index contributed by atoms with van der Waals surface area (Å²) < 4.78 is 33.6. The number of hydrogen-bond acceptors (Lipinski definition) is 3. The molecule has 2 N–H and O–H groups in total. The molecule has 0 amide bonds. The minimum atomic E-state index is -0.549. The van der Waals surface area contributed by atoms with Crippen LogP contribution in [-0.2, 0) is 0 Å². The maximum atomic E-state index is 13.7. The number of nitrogen functional groups attached to an aromatic ring is 1. The van der Waals surface area contributed by atoms with E-state index in [-0.39, 0.29) is 16.7 Å². The third kappa shape index (κ3) is 2.27. The van der Waals surface area contributed by atoms with E-state index in [4.69, 9.17) is 22.1 Å². The number of aromatic nitrogens is 2. The third-order valence-electron chi connectivity index (χ3n) is 3.06. The lowest BCUT2D eigenvalue weighted by Gasteiger charge is -2.08. The number of imidazole rings is 1. The Morgan fingerprint density at radius 2 is 1.95 bits per heavy atom. The highest BCUT2D eigenvalue weighted by Gasteiger charge is 2.15. The summed E-state index contributed by atoms with van der Waals surface area (Å²) in [7, 11) is 1.35. The molecule has 0 aliphatic rings. The van der Waals surface area contributed by atoms with Gasteiger partial charge >= 0.3 is 0 Å². The highest BCUT2D eigenvalue weighted by Crippen LogP contribution is 2.30. The van der Waals surface area contributed by atoms with Gasteiger partial charge in [-0.05, 0) is 18.2 Å². The van der Waals surface area contributed by atoms with Gasteiger partial charge < -0.3 is 10.5 Å². The van der Waals surface area contributed by atoms with Gasteiger partial charge in [0.15, 0.2) is 11.6 Å². The van der Waals surface area contributed by atoms with Crippen LogP contribution < -0.4 is 10.5 Å². The smallest absolute Gasteiger partial charge is 0.205 e. The lowest BCUT2D eigenvalue weighted by atomic mass is 10.2. The van der Waals surface area contributed by atoms with E-state index in [1.54, 1.807) is 0 Å². The molecule has 0 aliphatic carbocycles. The Morgan fingerprint density at radius 3 is 2.62 bits per heavy atom. The molecule has 0 saturated carbocycles. The first-order chi connectivity index (χ1) is 9.99. The van der Waals surface area contributed by atoms with Gasteiger partial charge in [-0.25, -0.2) is 13.8 Å². The molecule has 0 bridgehead atoms. The molecule has 0 saturated heterocycles. The lowest BCUT2D eigenvalue weighted by molar-refractivity contribution is 0.387. The van der Waals surface area contributed by atoms with Crippen molar-refractivity contribution in [2.24, 2.45) is 0 Å². The van der Waals surface area contributed by atoms with Gasteiger partial charge in [0.05, 0.1) is 23.8 Å². The SMILES string of the molecule is COc1cc2c(cc1F)nc(N)n2-c1cc(F)cc(Cl)c1. The first kappa shape index (κ1) is 13.6. The molecule has 0 unspecified atom stereocenters. The van der Waals surface area contributed by atoms with Crippen LogP contribution >= 0.6 is 11.6 Å². The molecule has 0 atom stereocenters. The molecule has 4 nitrogen and oxygen atoms in total. The summed E-state index contributed by atoms with van der Waals surface area (Å²) in [6.45, 7) is 0. The van der Waals surface area contributed by atoms with Gasteiger partial charge in [0, 0.05) is 17.2 Å². The number of nitrogens with zero attached hydrogens (tertiary/aromatic N) is 2.